The van der Waals surface area contributed by atoms with Crippen LogP contribution in [0.4, 0.5) is 0 Å². The fraction of sp³-hybridized carbons (Fsp3) is 0.300. The predicted octanol–water partition coefficient (Wildman–Crippen LogP) is 1.50. The molecule has 2 nitrogen and oxygen atoms in total. The van der Waals surface area contributed by atoms with Crippen molar-refractivity contribution in [1.82, 2.24) is 5.32 Å². The van der Waals surface area contributed by atoms with Gasteiger partial charge in [-0.25, -0.2) is 0 Å². The van der Waals surface area contributed by atoms with Gasteiger partial charge in [0.2, 0.25) is 0 Å². The Morgan fingerprint density at radius 1 is 1.33 bits per heavy atom. The average Bonchev–Trinajstić information content (AvgIpc) is 2.15. The Hall–Kier alpha value is -1.02. The maximum Gasteiger partial charge on any atom is 0.118 e. The van der Waals surface area contributed by atoms with E-state index >= 15 is 0 Å². The fourth-order valence-electron chi connectivity index (χ4n) is 1.01. The highest BCUT2D eigenvalue weighted by molar-refractivity contribution is 5.27. The smallest absolute Gasteiger partial charge is 0.118 e. The molecule has 1 aromatic carbocycles. The molecule has 0 saturated carbocycles. The summed E-state index contributed by atoms with van der Waals surface area (Å²) >= 11 is 0. The summed E-state index contributed by atoms with van der Waals surface area (Å²) in [5, 5.41) is 2.61. The van der Waals surface area contributed by atoms with E-state index in [1.807, 2.05) is 24.3 Å². The van der Waals surface area contributed by atoms with Crippen LogP contribution in [0, 0.1) is 7.05 Å². The Kier molecular flexibility index (Phi) is 3.61. The van der Waals surface area contributed by atoms with E-state index in [1.165, 1.54) is 5.56 Å². The van der Waals surface area contributed by atoms with Crippen molar-refractivity contribution in [1.29, 1.82) is 0 Å². The van der Waals surface area contributed by atoms with Gasteiger partial charge in [-0.3, -0.25) is 0 Å². The Labute approximate surface area is 73.6 Å². The highest BCUT2D eigenvalue weighted by Crippen LogP contribution is 2.11. The third-order valence-electron chi connectivity index (χ3n) is 1.72. The van der Waals surface area contributed by atoms with Crippen molar-refractivity contribution in [2.45, 2.75) is 6.42 Å². The topological polar surface area (TPSA) is 21.3 Å². The molecule has 0 amide bonds. The fourth-order valence-corrected chi connectivity index (χ4v) is 1.01. The lowest BCUT2D eigenvalue weighted by Gasteiger charge is -2.02. The summed E-state index contributed by atoms with van der Waals surface area (Å²) in [4.78, 5) is 0. The highest BCUT2D eigenvalue weighted by Gasteiger charge is 1.92. The molecule has 0 heterocycles. The lowest BCUT2D eigenvalue weighted by atomic mass is 10.1. The molecule has 1 N–H and O–H groups in total. The second-order valence-corrected chi connectivity index (χ2v) is 2.55. The van der Waals surface area contributed by atoms with Crippen LogP contribution in [0.15, 0.2) is 24.3 Å². The number of methoxy groups -OCH3 is 1. The first-order chi connectivity index (χ1) is 5.86. The van der Waals surface area contributed by atoms with Gasteiger partial charge in [0, 0.05) is 7.05 Å². The van der Waals surface area contributed by atoms with Crippen LogP contribution < -0.4 is 10.1 Å². The molecule has 2 radical (unpaired) electrons. The summed E-state index contributed by atoms with van der Waals surface area (Å²) in [7, 11) is 6.82. The molecule has 12 heavy (non-hydrogen) atoms. The van der Waals surface area contributed by atoms with Crippen LogP contribution in [0.2, 0.25) is 0 Å². The van der Waals surface area contributed by atoms with Crippen LogP contribution >= 0.6 is 0 Å². The number of benzene rings is 1. The van der Waals surface area contributed by atoms with Gasteiger partial charge in [0.1, 0.15) is 5.75 Å². The monoisotopic (exact) mass is 163 g/mol. The molecule has 0 aliphatic heterocycles. The van der Waals surface area contributed by atoms with E-state index in [-0.39, 0.29) is 0 Å². The second kappa shape index (κ2) is 4.78. The zero-order valence-corrected chi connectivity index (χ0v) is 7.21. The second-order valence-electron chi connectivity index (χ2n) is 2.55. The molecule has 1 rings (SSSR count). The molecule has 0 saturated heterocycles. The third-order valence-corrected chi connectivity index (χ3v) is 1.72. The molecule has 1 aromatic rings. The molecule has 0 aromatic heterocycles. The number of rotatable bonds is 4. The minimum Gasteiger partial charge on any atom is -0.497 e. The van der Waals surface area contributed by atoms with E-state index in [4.69, 9.17) is 11.8 Å². The van der Waals surface area contributed by atoms with Gasteiger partial charge in [0.25, 0.3) is 0 Å². The summed E-state index contributed by atoms with van der Waals surface area (Å²) in [5.74, 6) is 0.888. The van der Waals surface area contributed by atoms with E-state index in [9.17, 15) is 0 Å². The molecular weight excluding hydrogens is 150 g/mol. The maximum atomic E-state index is 5.16. The van der Waals surface area contributed by atoms with Crippen molar-refractivity contribution >= 4 is 0 Å². The average molecular weight is 163 g/mol. The van der Waals surface area contributed by atoms with Gasteiger partial charge >= 0.3 is 0 Å². The first-order valence-corrected chi connectivity index (χ1v) is 3.93. The molecule has 0 bridgehead atoms. The summed E-state index contributed by atoms with van der Waals surface area (Å²) < 4.78 is 5.03. The summed E-state index contributed by atoms with van der Waals surface area (Å²) in [6.45, 7) is 0.798. The number of hydrogen-bond acceptors (Lipinski definition) is 2. The highest BCUT2D eigenvalue weighted by atomic mass is 16.5. The van der Waals surface area contributed by atoms with Gasteiger partial charge in [0.15, 0.2) is 0 Å². The molecule has 0 fully saturated rings. The van der Waals surface area contributed by atoms with E-state index in [2.05, 4.69) is 5.32 Å². The van der Waals surface area contributed by atoms with Gasteiger partial charge in [-0.2, -0.15) is 0 Å². The lowest BCUT2D eigenvalue weighted by Crippen LogP contribution is -2.07. The maximum absolute atomic E-state index is 5.16. The molecule has 0 spiro atoms. The van der Waals surface area contributed by atoms with E-state index < -0.39 is 0 Å². The van der Waals surface area contributed by atoms with E-state index in [1.54, 1.807) is 7.11 Å². The molecule has 0 aliphatic carbocycles. The Balaban J connectivity index is 2.53. The normalized spacial score (nSPS) is 9.83. The van der Waals surface area contributed by atoms with Crippen molar-refractivity contribution in [3.05, 3.63) is 36.9 Å². The van der Waals surface area contributed by atoms with Crippen LogP contribution in [0.25, 0.3) is 0 Å². The van der Waals surface area contributed by atoms with Crippen LogP contribution in [0.3, 0.4) is 0 Å². The first kappa shape index (κ1) is 9.07. The van der Waals surface area contributed by atoms with Crippen molar-refractivity contribution in [3.8, 4) is 5.75 Å². The zero-order chi connectivity index (χ0) is 8.81. The van der Waals surface area contributed by atoms with Crippen LogP contribution in [-0.4, -0.2) is 13.7 Å². The molecule has 0 atom stereocenters. The Morgan fingerprint density at radius 2 is 2.00 bits per heavy atom. The summed E-state index contributed by atoms with van der Waals surface area (Å²) in [6.07, 6.45) is 0.945. The van der Waals surface area contributed by atoms with Crippen molar-refractivity contribution in [2.75, 3.05) is 13.7 Å². The van der Waals surface area contributed by atoms with Crippen molar-refractivity contribution in [3.63, 3.8) is 0 Å². The minimum atomic E-state index is 0.798. The SMILES string of the molecule is [CH]NCCc1ccc(OC)cc1. The zero-order valence-electron chi connectivity index (χ0n) is 7.21. The largest absolute Gasteiger partial charge is 0.497 e. The van der Waals surface area contributed by atoms with Gasteiger partial charge in [-0.1, -0.05) is 12.1 Å². The molecule has 0 unspecified atom stereocenters. The lowest BCUT2D eigenvalue weighted by molar-refractivity contribution is 0.414. The van der Waals surface area contributed by atoms with E-state index in [0.29, 0.717) is 0 Å². The van der Waals surface area contributed by atoms with E-state index in [0.717, 1.165) is 18.7 Å². The van der Waals surface area contributed by atoms with Crippen LogP contribution in [0.5, 0.6) is 5.75 Å². The quantitative estimate of drug-likeness (QED) is 0.679. The molecule has 0 aliphatic rings. The van der Waals surface area contributed by atoms with Crippen molar-refractivity contribution in [2.24, 2.45) is 0 Å². The third kappa shape index (κ3) is 2.55. The van der Waals surface area contributed by atoms with Crippen LogP contribution in [-0.2, 0) is 6.42 Å². The first-order valence-electron chi connectivity index (χ1n) is 3.93. The number of nitrogens with one attached hydrogen (secondary N) is 1. The summed E-state index contributed by atoms with van der Waals surface area (Å²) in [5.41, 5.74) is 1.26. The van der Waals surface area contributed by atoms with Gasteiger partial charge in [-0.05, 0) is 30.7 Å². The predicted molar refractivity (Wildman–Crippen MR) is 49.0 cm³/mol. The van der Waals surface area contributed by atoms with Gasteiger partial charge in [-0.15, -0.1) is 0 Å². The van der Waals surface area contributed by atoms with Crippen molar-refractivity contribution < 1.29 is 4.74 Å². The molecule has 64 valence electrons. The molecule has 2 heteroatoms. The van der Waals surface area contributed by atoms with Crippen LogP contribution in [0.1, 0.15) is 5.56 Å². The van der Waals surface area contributed by atoms with Gasteiger partial charge < -0.3 is 10.1 Å². The summed E-state index contributed by atoms with van der Waals surface area (Å²) in [6, 6.07) is 7.98. The number of ether oxygens (including phenoxy) is 1. The number of hydrogen-bond donors (Lipinski definition) is 1. The standard InChI is InChI=1S/C10H13NO/c1-11-8-7-9-3-5-10(12-2)6-4-9/h1,3-6,11H,7-8H2,2H3. The molecular formula is C10H13NO. The minimum absolute atomic E-state index is 0.798. The van der Waals surface area contributed by atoms with Gasteiger partial charge in [0.05, 0.1) is 7.11 Å². The Morgan fingerprint density at radius 3 is 2.50 bits per heavy atom. The Bertz CT molecular complexity index is 218.